The Hall–Kier alpha value is -2.82. The molecule has 28 heavy (non-hydrogen) atoms. The van der Waals surface area contributed by atoms with Crippen molar-refractivity contribution in [1.29, 1.82) is 0 Å². The van der Waals surface area contributed by atoms with Gasteiger partial charge in [-0.2, -0.15) is 0 Å². The third-order valence-corrected chi connectivity index (χ3v) is 4.52. The van der Waals surface area contributed by atoms with Crippen molar-refractivity contribution < 1.29 is 14.3 Å². The van der Waals surface area contributed by atoms with Gasteiger partial charge >= 0.3 is 0 Å². The fraction of sp³-hybridized carbons (Fsp3) is 0.391. The number of rotatable bonds is 9. The van der Waals surface area contributed by atoms with Crippen molar-refractivity contribution in [2.24, 2.45) is 5.92 Å². The normalized spacial score (nSPS) is 10.6. The van der Waals surface area contributed by atoms with Gasteiger partial charge < -0.3 is 15.0 Å². The Bertz CT molecular complexity index is 763. The van der Waals surface area contributed by atoms with E-state index in [9.17, 15) is 9.59 Å². The summed E-state index contributed by atoms with van der Waals surface area (Å²) in [6.45, 7) is 10.2. The maximum Gasteiger partial charge on any atom is 0.255 e. The highest BCUT2D eigenvalue weighted by atomic mass is 16.5. The van der Waals surface area contributed by atoms with Crippen molar-refractivity contribution in [3.05, 3.63) is 59.7 Å². The van der Waals surface area contributed by atoms with E-state index < -0.39 is 0 Å². The van der Waals surface area contributed by atoms with Gasteiger partial charge in [-0.25, -0.2) is 0 Å². The second-order valence-corrected chi connectivity index (χ2v) is 7.06. The van der Waals surface area contributed by atoms with Crippen LogP contribution in [0.2, 0.25) is 0 Å². The molecule has 0 fully saturated rings. The van der Waals surface area contributed by atoms with E-state index in [1.54, 1.807) is 53.4 Å². The summed E-state index contributed by atoms with van der Waals surface area (Å²) in [5.74, 6) is 1.16. The summed E-state index contributed by atoms with van der Waals surface area (Å²) in [4.78, 5) is 26.5. The summed E-state index contributed by atoms with van der Waals surface area (Å²) in [6, 6.07) is 14.1. The minimum absolute atomic E-state index is 0.00377. The molecule has 0 atom stereocenters. The summed E-state index contributed by atoms with van der Waals surface area (Å²) in [6.07, 6.45) is 0.995. The van der Waals surface area contributed by atoms with E-state index >= 15 is 0 Å². The van der Waals surface area contributed by atoms with Crippen LogP contribution in [0.25, 0.3) is 0 Å². The van der Waals surface area contributed by atoms with E-state index in [0.717, 1.165) is 12.2 Å². The Balaban J connectivity index is 1.94. The Morgan fingerprint density at radius 3 is 2.04 bits per heavy atom. The molecule has 2 rings (SSSR count). The van der Waals surface area contributed by atoms with Crippen LogP contribution in [-0.4, -0.2) is 36.4 Å². The number of anilines is 1. The van der Waals surface area contributed by atoms with Crippen molar-refractivity contribution in [3.63, 3.8) is 0 Å². The molecule has 0 saturated heterocycles. The maximum atomic E-state index is 12.4. The topological polar surface area (TPSA) is 58.6 Å². The zero-order chi connectivity index (χ0) is 20.5. The van der Waals surface area contributed by atoms with Crippen LogP contribution in [-0.2, 0) is 0 Å². The van der Waals surface area contributed by atoms with Crippen LogP contribution in [0.15, 0.2) is 48.5 Å². The molecule has 0 bridgehead atoms. The summed E-state index contributed by atoms with van der Waals surface area (Å²) >= 11 is 0. The van der Waals surface area contributed by atoms with Crippen LogP contribution in [0.1, 0.15) is 54.8 Å². The van der Waals surface area contributed by atoms with Gasteiger partial charge in [0.25, 0.3) is 11.8 Å². The predicted octanol–water partition coefficient (Wildman–Crippen LogP) is 4.85. The minimum atomic E-state index is -0.198. The van der Waals surface area contributed by atoms with Gasteiger partial charge in [0.15, 0.2) is 0 Å². The van der Waals surface area contributed by atoms with Gasteiger partial charge in [0, 0.05) is 29.9 Å². The second-order valence-electron chi connectivity index (χ2n) is 7.06. The fourth-order valence-corrected chi connectivity index (χ4v) is 2.71. The molecular formula is C23H30N2O3. The Morgan fingerprint density at radius 1 is 0.929 bits per heavy atom. The predicted molar refractivity (Wildman–Crippen MR) is 113 cm³/mol. The van der Waals surface area contributed by atoms with E-state index in [1.807, 2.05) is 13.8 Å². The molecule has 1 N–H and O–H groups in total. The van der Waals surface area contributed by atoms with Gasteiger partial charge in [-0.3, -0.25) is 9.59 Å². The second kappa shape index (κ2) is 10.5. The van der Waals surface area contributed by atoms with Crippen LogP contribution in [0, 0.1) is 5.92 Å². The van der Waals surface area contributed by atoms with E-state index in [-0.39, 0.29) is 11.8 Å². The number of nitrogens with one attached hydrogen (secondary N) is 1. The molecule has 0 spiro atoms. The minimum Gasteiger partial charge on any atom is -0.494 e. The third kappa shape index (κ3) is 6.12. The first-order valence-electron chi connectivity index (χ1n) is 9.88. The number of nitrogens with zero attached hydrogens (tertiary/aromatic N) is 1. The number of ether oxygens (including phenoxy) is 1. The molecular weight excluding hydrogens is 352 g/mol. The van der Waals surface area contributed by atoms with Crippen LogP contribution in [0.3, 0.4) is 0 Å². The van der Waals surface area contributed by atoms with Gasteiger partial charge in [-0.05, 0) is 74.7 Å². The molecule has 0 saturated carbocycles. The Kier molecular flexibility index (Phi) is 8.05. The average molecular weight is 383 g/mol. The first-order chi connectivity index (χ1) is 13.4. The van der Waals surface area contributed by atoms with Crippen LogP contribution >= 0.6 is 0 Å². The SMILES string of the molecule is CCN(CC)C(=O)c1ccc(NC(=O)c2ccc(OCCC(C)C)cc2)cc1. The lowest BCUT2D eigenvalue weighted by Gasteiger charge is -2.18. The molecule has 2 aromatic rings. The molecule has 150 valence electrons. The van der Waals surface area contributed by atoms with Crippen molar-refractivity contribution in [2.75, 3.05) is 25.0 Å². The van der Waals surface area contributed by atoms with E-state index in [1.165, 1.54) is 0 Å². The molecule has 0 unspecified atom stereocenters. The molecule has 0 radical (unpaired) electrons. The standard InChI is InChI=1S/C23H30N2O3/c1-5-25(6-2)23(27)19-7-11-20(12-8-19)24-22(26)18-9-13-21(14-10-18)28-16-15-17(3)4/h7-14,17H,5-6,15-16H2,1-4H3,(H,24,26). The summed E-state index contributed by atoms with van der Waals surface area (Å²) in [5, 5.41) is 2.85. The number of benzene rings is 2. The number of amides is 2. The molecule has 0 aliphatic rings. The van der Waals surface area contributed by atoms with Gasteiger partial charge in [0.05, 0.1) is 6.61 Å². The first-order valence-corrected chi connectivity index (χ1v) is 9.88. The number of carbonyl (C=O) groups excluding carboxylic acids is 2. The van der Waals surface area contributed by atoms with Crippen LogP contribution in [0.4, 0.5) is 5.69 Å². The molecule has 0 heterocycles. The highest BCUT2D eigenvalue weighted by Gasteiger charge is 2.12. The Labute approximate surface area is 167 Å². The molecule has 5 nitrogen and oxygen atoms in total. The highest BCUT2D eigenvalue weighted by Crippen LogP contribution is 2.16. The quantitative estimate of drug-likeness (QED) is 0.675. The number of carbonyl (C=O) groups is 2. The zero-order valence-corrected chi connectivity index (χ0v) is 17.2. The number of hydrogen-bond acceptors (Lipinski definition) is 3. The lowest BCUT2D eigenvalue weighted by Crippen LogP contribution is -2.30. The van der Waals surface area contributed by atoms with Crippen LogP contribution < -0.4 is 10.1 Å². The average Bonchev–Trinajstić information content (AvgIpc) is 2.69. The first kappa shape index (κ1) is 21.5. The molecule has 5 heteroatoms. The zero-order valence-electron chi connectivity index (χ0n) is 17.2. The van der Waals surface area contributed by atoms with Crippen LogP contribution in [0.5, 0.6) is 5.75 Å². The smallest absolute Gasteiger partial charge is 0.255 e. The molecule has 2 aromatic carbocycles. The summed E-state index contributed by atoms with van der Waals surface area (Å²) in [5.41, 5.74) is 1.82. The number of hydrogen-bond donors (Lipinski definition) is 1. The Morgan fingerprint density at radius 2 is 1.50 bits per heavy atom. The van der Waals surface area contributed by atoms with E-state index in [4.69, 9.17) is 4.74 Å². The maximum absolute atomic E-state index is 12.4. The van der Waals surface area contributed by atoms with Crippen molar-refractivity contribution >= 4 is 17.5 Å². The van der Waals surface area contributed by atoms with Gasteiger partial charge in [-0.15, -0.1) is 0 Å². The molecule has 0 aromatic heterocycles. The van der Waals surface area contributed by atoms with Crippen molar-refractivity contribution in [1.82, 2.24) is 4.90 Å². The lowest BCUT2D eigenvalue weighted by molar-refractivity contribution is 0.0773. The lowest BCUT2D eigenvalue weighted by atomic mass is 10.1. The molecule has 0 aliphatic heterocycles. The van der Waals surface area contributed by atoms with Gasteiger partial charge in [0.1, 0.15) is 5.75 Å². The fourth-order valence-electron chi connectivity index (χ4n) is 2.71. The van der Waals surface area contributed by atoms with E-state index in [2.05, 4.69) is 19.2 Å². The summed E-state index contributed by atoms with van der Waals surface area (Å²) in [7, 11) is 0. The monoisotopic (exact) mass is 382 g/mol. The largest absolute Gasteiger partial charge is 0.494 e. The molecule has 2 amide bonds. The third-order valence-electron chi connectivity index (χ3n) is 4.52. The van der Waals surface area contributed by atoms with Gasteiger partial charge in [0.2, 0.25) is 0 Å². The highest BCUT2D eigenvalue weighted by molar-refractivity contribution is 6.04. The van der Waals surface area contributed by atoms with Gasteiger partial charge in [-0.1, -0.05) is 13.8 Å². The summed E-state index contributed by atoms with van der Waals surface area (Å²) < 4.78 is 5.68. The van der Waals surface area contributed by atoms with Crippen molar-refractivity contribution in [2.45, 2.75) is 34.1 Å². The van der Waals surface area contributed by atoms with Crippen molar-refractivity contribution in [3.8, 4) is 5.75 Å². The molecule has 0 aliphatic carbocycles. The van der Waals surface area contributed by atoms with E-state index in [0.29, 0.717) is 42.4 Å².